The van der Waals surface area contributed by atoms with E-state index in [9.17, 15) is 13.2 Å². The lowest BCUT2D eigenvalue weighted by molar-refractivity contribution is -0.126. The maximum absolute atomic E-state index is 12.8. The largest absolute Gasteiger partial charge is 0.355 e. The van der Waals surface area contributed by atoms with E-state index in [1.54, 1.807) is 24.3 Å². The molecule has 140 valence electrons. The average molecular weight is 368 g/mol. The Bertz CT molecular complexity index is 659. The van der Waals surface area contributed by atoms with Crippen molar-refractivity contribution in [3.8, 4) is 0 Å². The lowest BCUT2D eigenvalue weighted by atomic mass is 9.99. The van der Waals surface area contributed by atoms with Gasteiger partial charge in [0.25, 0.3) is 0 Å². The number of sulfonamides is 1. The lowest BCUT2D eigenvalue weighted by Gasteiger charge is -2.31. The highest BCUT2D eigenvalue weighted by Gasteiger charge is 2.33. The summed E-state index contributed by atoms with van der Waals surface area (Å²) in [6.45, 7) is 6.98. The molecule has 2 rings (SSSR count). The predicted octanol–water partition coefficient (Wildman–Crippen LogP) is 1.51. The van der Waals surface area contributed by atoms with Crippen LogP contribution in [0.25, 0.3) is 0 Å². The number of rotatable bonds is 8. The van der Waals surface area contributed by atoms with Crippen molar-refractivity contribution in [2.75, 3.05) is 32.7 Å². The number of carbonyl (C=O) groups excluding carboxylic acids is 1. The number of carbonyl (C=O) groups is 1. The van der Waals surface area contributed by atoms with Crippen LogP contribution in [0.3, 0.4) is 0 Å². The number of benzene rings is 1. The summed E-state index contributed by atoms with van der Waals surface area (Å²) in [5, 5.41) is 6.14. The van der Waals surface area contributed by atoms with Gasteiger partial charge in [-0.3, -0.25) is 4.79 Å². The van der Waals surface area contributed by atoms with Crippen LogP contribution in [0.1, 0.15) is 31.7 Å². The van der Waals surface area contributed by atoms with E-state index < -0.39 is 10.0 Å². The summed E-state index contributed by atoms with van der Waals surface area (Å²) in [5.74, 6) is -0.331. The molecule has 0 radical (unpaired) electrons. The van der Waals surface area contributed by atoms with Gasteiger partial charge in [-0.15, -0.1) is 0 Å². The smallest absolute Gasteiger partial charge is 0.243 e. The normalized spacial score (nSPS) is 18.9. The van der Waals surface area contributed by atoms with Crippen LogP contribution in [-0.2, 0) is 14.8 Å². The van der Waals surface area contributed by atoms with Gasteiger partial charge in [-0.25, -0.2) is 8.42 Å². The third-order valence-electron chi connectivity index (χ3n) is 4.44. The highest BCUT2D eigenvalue weighted by molar-refractivity contribution is 7.89. The van der Waals surface area contributed by atoms with Crippen LogP contribution in [0.5, 0.6) is 0 Å². The van der Waals surface area contributed by atoms with Crippen molar-refractivity contribution in [1.82, 2.24) is 14.9 Å². The van der Waals surface area contributed by atoms with E-state index in [0.29, 0.717) is 24.4 Å². The SMILES string of the molecule is CCCNCCNC(=O)C1CCCN(S(=O)(=O)c2ccc(C)cc2)C1. The topological polar surface area (TPSA) is 78.5 Å². The Morgan fingerprint density at radius 1 is 1.20 bits per heavy atom. The Kier molecular flexibility index (Phi) is 7.40. The molecule has 1 aromatic rings. The second kappa shape index (κ2) is 9.31. The molecule has 0 bridgehead atoms. The summed E-state index contributed by atoms with van der Waals surface area (Å²) in [6, 6.07) is 6.86. The lowest BCUT2D eigenvalue weighted by Crippen LogP contribution is -2.46. The number of hydrogen-bond acceptors (Lipinski definition) is 4. The Balaban J connectivity index is 1.93. The predicted molar refractivity (Wildman–Crippen MR) is 98.8 cm³/mol. The van der Waals surface area contributed by atoms with E-state index in [0.717, 1.165) is 31.5 Å². The number of nitrogens with one attached hydrogen (secondary N) is 2. The highest BCUT2D eigenvalue weighted by Crippen LogP contribution is 2.24. The van der Waals surface area contributed by atoms with Crippen molar-refractivity contribution in [3.05, 3.63) is 29.8 Å². The van der Waals surface area contributed by atoms with Gasteiger partial charge >= 0.3 is 0 Å². The molecule has 1 heterocycles. The second-order valence-corrected chi connectivity index (χ2v) is 8.49. The first kappa shape index (κ1) is 19.9. The third kappa shape index (κ3) is 5.52. The Morgan fingerprint density at radius 2 is 1.92 bits per heavy atom. The van der Waals surface area contributed by atoms with Gasteiger partial charge in [0.1, 0.15) is 0 Å². The highest BCUT2D eigenvalue weighted by atomic mass is 32.2. The minimum absolute atomic E-state index is 0.0536. The molecule has 6 nitrogen and oxygen atoms in total. The van der Waals surface area contributed by atoms with Gasteiger partial charge in [0.05, 0.1) is 10.8 Å². The quantitative estimate of drug-likeness (QED) is 0.683. The van der Waals surface area contributed by atoms with Crippen LogP contribution in [0, 0.1) is 12.8 Å². The second-order valence-electron chi connectivity index (χ2n) is 6.56. The summed E-state index contributed by atoms with van der Waals surface area (Å²) in [4.78, 5) is 12.6. The zero-order chi connectivity index (χ0) is 18.3. The van der Waals surface area contributed by atoms with Crippen LogP contribution in [-0.4, -0.2) is 51.4 Å². The van der Waals surface area contributed by atoms with Gasteiger partial charge in [-0.05, 0) is 44.9 Å². The van der Waals surface area contributed by atoms with Crippen molar-refractivity contribution in [3.63, 3.8) is 0 Å². The first-order chi connectivity index (χ1) is 11.9. The molecule has 1 atom stereocenters. The van der Waals surface area contributed by atoms with Gasteiger partial charge in [0.2, 0.25) is 15.9 Å². The number of hydrogen-bond donors (Lipinski definition) is 2. The van der Waals surface area contributed by atoms with Gasteiger partial charge in [-0.2, -0.15) is 4.31 Å². The third-order valence-corrected chi connectivity index (χ3v) is 6.32. The van der Waals surface area contributed by atoms with Gasteiger partial charge < -0.3 is 10.6 Å². The minimum Gasteiger partial charge on any atom is -0.355 e. The van der Waals surface area contributed by atoms with Gasteiger partial charge in [0, 0.05) is 26.2 Å². The zero-order valence-corrected chi connectivity index (χ0v) is 15.9. The first-order valence-corrected chi connectivity index (χ1v) is 10.4. The molecular formula is C18H29N3O3S. The number of amides is 1. The average Bonchev–Trinajstić information content (AvgIpc) is 2.62. The van der Waals surface area contributed by atoms with E-state index in [1.165, 1.54) is 4.31 Å². The van der Waals surface area contributed by atoms with Crippen molar-refractivity contribution in [2.24, 2.45) is 5.92 Å². The maximum atomic E-state index is 12.8. The van der Waals surface area contributed by atoms with Crippen molar-refractivity contribution < 1.29 is 13.2 Å². The monoisotopic (exact) mass is 367 g/mol. The Hall–Kier alpha value is -1.44. The van der Waals surface area contributed by atoms with E-state index in [4.69, 9.17) is 0 Å². The fourth-order valence-electron chi connectivity index (χ4n) is 2.95. The maximum Gasteiger partial charge on any atom is 0.243 e. The van der Waals surface area contributed by atoms with E-state index in [2.05, 4.69) is 17.6 Å². The molecule has 2 N–H and O–H groups in total. The van der Waals surface area contributed by atoms with E-state index >= 15 is 0 Å². The van der Waals surface area contributed by atoms with Crippen LogP contribution in [0.2, 0.25) is 0 Å². The molecule has 1 aliphatic rings. The zero-order valence-electron chi connectivity index (χ0n) is 15.1. The van der Waals surface area contributed by atoms with Gasteiger partial charge in [0.15, 0.2) is 0 Å². The molecule has 0 aromatic heterocycles. The molecule has 1 aromatic carbocycles. The first-order valence-electron chi connectivity index (χ1n) is 9.00. The standard InChI is InChI=1S/C18H29N3O3S/c1-3-10-19-11-12-20-18(22)16-5-4-13-21(14-16)25(23,24)17-8-6-15(2)7-9-17/h6-9,16,19H,3-5,10-14H2,1-2H3,(H,20,22). The molecule has 1 fully saturated rings. The van der Waals surface area contributed by atoms with Gasteiger partial charge in [-0.1, -0.05) is 24.6 Å². The Labute approximate surface area is 151 Å². The van der Waals surface area contributed by atoms with Crippen molar-refractivity contribution in [1.29, 1.82) is 0 Å². The summed E-state index contributed by atoms with van der Waals surface area (Å²) >= 11 is 0. The molecular weight excluding hydrogens is 338 g/mol. The molecule has 7 heteroatoms. The van der Waals surface area contributed by atoms with Crippen LogP contribution >= 0.6 is 0 Å². The fourth-order valence-corrected chi connectivity index (χ4v) is 4.48. The van der Waals surface area contributed by atoms with Crippen molar-refractivity contribution in [2.45, 2.75) is 38.0 Å². The molecule has 1 aliphatic heterocycles. The summed E-state index contributed by atoms with van der Waals surface area (Å²) < 4.78 is 27.0. The van der Waals surface area contributed by atoms with E-state index in [-0.39, 0.29) is 18.4 Å². The van der Waals surface area contributed by atoms with Crippen LogP contribution in [0.4, 0.5) is 0 Å². The molecule has 0 aliphatic carbocycles. The molecule has 1 amide bonds. The Morgan fingerprint density at radius 3 is 2.60 bits per heavy atom. The van der Waals surface area contributed by atoms with Crippen LogP contribution < -0.4 is 10.6 Å². The molecule has 25 heavy (non-hydrogen) atoms. The number of nitrogens with zero attached hydrogens (tertiary/aromatic N) is 1. The van der Waals surface area contributed by atoms with Crippen LogP contribution in [0.15, 0.2) is 29.2 Å². The molecule has 1 unspecified atom stereocenters. The van der Waals surface area contributed by atoms with E-state index in [1.807, 2.05) is 6.92 Å². The fraction of sp³-hybridized carbons (Fsp3) is 0.611. The summed E-state index contributed by atoms with van der Waals surface area (Å²) in [7, 11) is -3.54. The van der Waals surface area contributed by atoms with Crippen molar-refractivity contribution >= 4 is 15.9 Å². The molecule has 0 spiro atoms. The summed E-state index contributed by atoms with van der Waals surface area (Å²) in [5.41, 5.74) is 1.02. The molecule has 0 saturated carbocycles. The number of piperidine rings is 1. The summed E-state index contributed by atoms with van der Waals surface area (Å²) in [6.07, 6.45) is 2.49. The minimum atomic E-state index is -3.54. The number of aryl methyl sites for hydroxylation is 1. The molecule has 1 saturated heterocycles.